The van der Waals surface area contributed by atoms with Crippen LogP contribution in [0.15, 0.2) is 24.4 Å². The van der Waals surface area contributed by atoms with Crippen LogP contribution in [-0.2, 0) is 7.05 Å². The van der Waals surface area contributed by atoms with E-state index in [0.29, 0.717) is 11.3 Å². The van der Waals surface area contributed by atoms with Crippen molar-refractivity contribution < 1.29 is 9.18 Å². The molecule has 0 aliphatic heterocycles. The molecule has 1 amide bonds. The number of hydrogen-bond donors (Lipinski definition) is 2. The van der Waals surface area contributed by atoms with Gasteiger partial charge < -0.3 is 11.1 Å². The minimum absolute atomic E-state index is 0.249. The van der Waals surface area contributed by atoms with Gasteiger partial charge in [-0.2, -0.15) is 5.10 Å². The highest BCUT2D eigenvalue weighted by Crippen LogP contribution is 2.19. The van der Waals surface area contributed by atoms with Crippen molar-refractivity contribution >= 4 is 17.3 Å². The van der Waals surface area contributed by atoms with E-state index >= 15 is 0 Å². The molecule has 0 unspecified atom stereocenters. The molecular formula is C12H13FN4O. The summed E-state index contributed by atoms with van der Waals surface area (Å²) in [5.74, 6) is -0.785. The predicted molar refractivity (Wildman–Crippen MR) is 66.7 cm³/mol. The van der Waals surface area contributed by atoms with Gasteiger partial charge in [0.05, 0.1) is 11.9 Å². The number of aromatic nitrogens is 2. The van der Waals surface area contributed by atoms with E-state index < -0.39 is 5.91 Å². The Morgan fingerprint density at radius 3 is 2.83 bits per heavy atom. The first kappa shape index (κ1) is 12.1. The third-order valence-corrected chi connectivity index (χ3v) is 2.70. The lowest BCUT2D eigenvalue weighted by Gasteiger charge is -2.09. The lowest BCUT2D eigenvalue weighted by Crippen LogP contribution is -2.18. The number of hydrogen-bond acceptors (Lipinski definition) is 3. The monoisotopic (exact) mass is 248 g/mol. The van der Waals surface area contributed by atoms with E-state index in [1.54, 1.807) is 20.0 Å². The minimum Gasteiger partial charge on any atom is -0.396 e. The second kappa shape index (κ2) is 4.48. The van der Waals surface area contributed by atoms with Crippen molar-refractivity contribution in [1.29, 1.82) is 0 Å². The third kappa shape index (κ3) is 2.04. The average Bonchev–Trinajstić information content (AvgIpc) is 2.65. The molecule has 0 saturated heterocycles. The van der Waals surface area contributed by atoms with Gasteiger partial charge in [0, 0.05) is 18.3 Å². The Kier molecular flexibility index (Phi) is 3.01. The maximum Gasteiger partial charge on any atom is 0.276 e. The molecule has 0 radical (unpaired) electrons. The van der Waals surface area contributed by atoms with E-state index in [1.807, 2.05) is 0 Å². The smallest absolute Gasteiger partial charge is 0.276 e. The van der Waals surface area contributed by atoms with Gasteiger partial charge in [0.1, 0.15) is 11.5 Å². The highest BCUT2D eigenvalue weighted by Gasteiger charge is 2.16. The number of rotatable bonds is 2. The van der Waals surface area contributed by atoms with Crippen LogP contribution < -0.4 is 11.1 Å². The second-order valence-corrected chi connectivity index (χ2v) is 3.94. The van der Waals surface area contributed by atoms with Crippen molar-refractivity contribution in [2.75, 3.05) is 11.1 Å². The van der Waals surface area contributed by atoms with Gasteiger partial charge in [0.25, 0.3) is 5.91 Å². The van der Waals surface area contributed by atoms with Crippen molar-refractivity contribution in [3.63, 3.8) is 0 Å². The number of aryl methyl sites for hydroxylation is 1. The summed E-state index contributed by atoms with van der Waals surface area (Å²) in [5.41, 5.74) is 6.97. The summed E-state index contributed by atoms with van der Waals surface area (Å²) in [5, 5.41) is 6.49. The van der Waals surface area contributed by atoms with E-state index in [1.165, 1.54) is 23.0 Å². The van der Waals surface area contributed by atoms with Gasteiger partial charge in [-0.1, -0.05) is 6.07 Å². The number of anilines is 2. The van der Waals surface area contributed by atoms with E-state index in [9.17, 15) is 9.18 Å². The van der Waals surface area contributed by atoms with Gasteiger partial charge in [-0.25, -0.2) is 4.39 Å². The van der Waals surface area contributed by atoms with Crippen LogP contribution in [-0.4, -0.2) is 15.7 Å². The first-order valence-corrected chi connectivity index (χ1v) is 5.34. The Morgan fingerprint density at radius 1 is 1.50 bits per heavy atom. The van der Waals surface area contributed by atoms with Gasteiger partial charge in [-0.05, 0) is 19.1 Å². The molecule has 0 fully saturated rings. The number of benzene rings is 1. The fraction of sp³-hybridized carbons (Fsp3) is 0.167. The summed E-state index contributed by atoms with van der Waals surface area (Å²) in [4.78, 5) is 12.0. The van der Waals surface area contributed by atoms with Gasteiger partial charge >= 0.3 is 0 Å². The fourth-order valence-electron chi connectivity index (χ4n) is 1.66. The summed E-state index contributed by atoms with van der Waals surface area (Å²) in [6.45, 7) is 1.59. The highest BCUT2D eigenvalue weighted by atomic mass is 19.1. The normalized spacial score (nSPS) is 10.4. The molecule has 3 N–H and O–H groups in total. The van der Waals surface area contributed by atoms with Crippen molar-refractivity contribution in [2.45, 2.75) is 6.92 Å². The molecule has 2 aromatic rings. The standard InChI is InChI=1S/C12H13FN4O/c1-7-8(13)4-3-5-10(7)16-12(18)11-9(14)6-15-17(11)2/h3-6H,14H2,1-2H3,(H,16,18). The Hall–Kier alpha value is -2.37. The molecule has 1 heterocycles. The summed E-state index contributed by atoms with van der Waals surface area (Å²) < 4.78 is 14.7. The molecule has 5 nitrogen and oxygen atoms in total. The SMILES string of the molecule is Cc1c(F)cccc1NC(=O)c1c(N)cnn1C. The van der Waals surface area contributed by atoms with Crippen LogP contribution in [0.1, 0.15) is 16.1 Å². The molecular weight excluding hydrogens is 235 g/mol. The van der Waals surface area contributed by atoms with E-state index in [4.69, 9.17) is 5.73 Å². The van der Waals surface area contributed by atoms with Crippen molar-refractivity contribution in [2.24, 2.45) is 7.05 Å². The minimum atomic E-state index is -0.416. The largest absolute Gasteiger partial charge is 0.396 e. The van der Waals surface area contributed by atoms with Crippen LogP contribution >= 0.6 is 0 Å². The topological polar surface area (TPSA) is 72.9 Å². The predicted octanol–water partition coefficient (Wildman–Crippen LogP) is 1.70. The highest BCUT2D eigenvalue weighted by molar-refractivity contribution is 6.06. The molecule has 0 bridgehead atoms. The van der Waals surface area contributed by atoms with Gasteiger partial charge in [-0.15, -0.1) is 0 Å². The Balaban J connectivity index is 2.30. The van der Waals surface area contributed by atoms with Crippen LogP contribution in [0.4, 0.5) is 15.8 Å². The van der Waals surface area contributed by atoms with Crippen molar-refractivity contribution in [3.8, 4) is 0 Å². The summed E-state index contributed by atoms with van der Waals surface area (Å²) >= 11 is 0. The first-order chi connectivity index (χ1) is 8.50. The van der Waals surface area contributed by atoms with Crippen molar-refractivity contribution in [1.82, 2.24) is 9.78 Å². The fourth-order valence-corrected chi connectivity index (χ4v) is 1.66. The molecule has 6 heteroatoms. The molecule has 94 valence electrons. The molecule has 18 heavy (non-hydrogen) atoms. The number of nitrogens with two attached hydrogens (primary N) is 1. The van der Waals surface area contributed by atoms with E-state index in [-0.39, 0.29) is 17.2 Å². The lowest BCUT2D eigenvalue weighted by molar-refractivity contribution is 0.101. The number of nitrogen functional groups attached to an aromatic ring is 1. The van der Waals surface area contributed by atoms with Crippen LogP contribution in [0.5, 0.6) is 0 Å². The average molecular weight is 248 g/mol. The third-order valence-electron chi connectivity index (χ3n) is 2.70. The number of nitrogens with zero attached hydrogens (tertiary/aromatic N) is 2. The summed E-state index contributed by atoms with van der Waals surface area (Å²) in [7, 11) is 1.61. The maximum atomic E-state index is 13.3. The Labute approximate surface area is 103 Å². The number of carbonyl (C=O) groups is 1. The Bertz CT molecular complexity index is 587. The number of nitrogens with one attached hydrogen (secondary N) is 1. The maximum absolute atomic E-state index is 13.3. The Morgan fingerprint density at radius 2 is 2.22 bits per heavy atom. The molecule has 1 aromatic heterocycles. The van der Waals surface area contributed by atoms with Gasteiger partial charge in [0.2, 0.25) is 0 Å². The van der Waals surface area contributed by atoms with E-state index in [2.05, 4.69) is 10.4 Å². The van der Waals surface area contributed by atoms with Crippen LogP contribution in [0.2, 0.25) is 0 Å². The van der Waals surface area contributed by atoms with E-state index in [0.717, 1.165) is 0 Å². The van der Waals surface area contributed by atoms with Crippen LogP contribution in [0.25, 0.3) is 0 Å². The zero-order chi connectivity index (χ0) is 13.3. The summed E-state index contributed by atoms with van der Waals surface area (Å²) in [6.07, 6.45) is 1.40. The molecule has 0 aliphatic carbocycles. The van der Waals surface area contributed by atoms with Gasteiger partial charge in [0.15, 0.2) is 0 Å². The number of carbonyl (C=O) groups excluding carboxylic acids is 1. The first-order valence-electron chi connectivity index (χ1n) is 5.34. The molecule has 0 aliphatic rings. The quantitative estimate of drug-likeness (QED) is 0.849. The number of halogens is 1. The molecule has 0 atom stereocenters. The van der Waals surface area contributed by atoms with Crippen LogP contribution in [0, 0.1) is 12.7 Å². The van der Waals surface area contributed by atoms with Crippen molar-refractivity contribution in [3.05, 3.63) is 41.5 Å². The zero-order valence-corrected chi connectivity index (χ0v) is 10.1. The lowest BCUT2D eigenvalue weighted by atomic mass is 10.2. The molecule has 1 aromatic carbocycles. The van der Waals surface area contributed by atoms with Gasteiger partial charge in [-0.3, -0.25) is 9.48 Å². The molecule has 2 rings (SSSR count). The zero-order valence-electron chi connectivity index (χ0n) is 10.1. The summed E-state index contributed by atoms with van der Waals surface area (Å²) in [6, 6.07) is 4.50. The number of amides is 1. The van der Waals surface area contributed by atoms with Crippen LogP contribution in [0.3, 0.4) is 0 Å². The molecule has 0 saturated carbocycles. The second-order valence-electron chi connectivity index (χ2n) is 3.94. The molecule has 0 spiro atoms.